The van der Waals surface area contributed by atoms with Crippen LogP contribution in [-0.2, 0) is 10.9 Å². The molecule has 0 bridgehead atoms. The van der Waals surface area contributed by atoms with Crippen molar-refractivity contribution in [3.05, 3.63) is 41.4 Å². The average Bonchev–Trinajstić information content (AvgIpc) is 3.09. The highest BCUT2D eigenvalue weighted by Crippen LogP contribution is 2.32. The lowest BCUT2D eigenvalue weighted by Crippen LogP contribution is -2.51. The van der Waals surface area contributed by atoms with Crippen molar-refractivity contribution in [2.24, 2.45) is 0 Å². The van der Waals surface area contributed by atoms with E-state index in [0.29, 0.717) is 30.4 Å². The summed E-state index contributed by atoms with van der Waals surface area (Å²) in [7, 11) is 0. The van der Waals surface area contributed by atoms with Crippen LogP contribution in [0.2, 0.25) is 5.15 Å². The number of ether oxygens (including phenoxy) is 1. The Labute approximate surface area is 185 Å². The van der Waals surface area contributed by atoms with Gasteiger partial charge < -0.3 is 20.3 Å². The summed E-state index contributed by atoms with van der Waals surface area (Å²) in [5.41, 5.74) is -0.386. The largest absolute Gasteiger partial charge is 0.433 e. The molecule has 2 amide bonds. The maximum absolute atomic E-state index is 12.9. The summed E-state index contributed by atoms with van der Waals surface area (Å²) in [6.07, 6.45) is -2.20. The van der Waals surface area contributed by atoms with Gasteiger partial charge in [0, 0.05) is 18.0 Å². The van der Waals surface area contributed by atoms with Crippen molar-refractivity contribution in [3.63, 3.8) is 0 Å². The quantitative estimate of drug-likeness (QED) is 0.600. The molecule has 4 heterocycles. The molecule has 0 radical (unpaired) electrons. The number of carbonyl (C=O) groups is 1. The van der Waals surface area contributed by atoms with Crippen LogP contribution in [0, 0.1) is 0 Å². The minimum Gasteiger partial charge on any atom is -0.377 e. The molecule has 0 aromatic carbocycles. The molecule has 3 aromatic heterocycles. The van der Waals surface area contributed by atoms with Gasteiger partial charge in [0.15, 0.2) is 16.6 Å². The fourth-order valence-electron chi connectivity index (χ4n) is 3.60. The number of fused-ring (bicyclic) bond motifs is 1. The Morgan fingerprint density at radius 2 is 1.91 bits per heavy atom. The van der Waals surface area contributed by atoms with E-state index in [-0.39, 0.29) is 22.9 Å². The van der Waals surface area contributed by atoms with E-state index in [1.54, 1.807) is 6.07 Å². The fourth-order valence-corrected chi connectivity index (χ4v) is 3.77. The number of nitrogens with zero attached hydrogens (tertiary/aromatic N) is 5. The Hall–Kier alpha value is -3.12. The maximum atomic E-state index is 12.9. The number of aromatic nitrogens is 4. The molecule has 1 aliphatic rings. The molecule has 170 valence electrons. The predicted octanol–water partition coefficient (Wildman–Crippen LogP) is 4.05. The van der Waals surface area contributed by atoms with Gasteiger partial charge in [0.25, 0.3) is 0 Å². The van der Waals surface area contributed by atoms with Crippen LogP contribution in [-0.4, -0.2) is 50.9 Å². The van der Waals surface area contributed by atoms with Crippen molar-refractivity contribution in [2.45, 2.75) is 32.1 Å². The third-order valence-corrected chi connectivity index (χ3v) is 5.08. The highest BCUT2D eigenvalue weighted by molar-refractivity contribution is 6.29. The van der Waals surface area contributed by atoms with E-state index in [1.165, 1.54) is 16.8 Å². The molecule has 3 aromatic rings. The molecule has 2 N–H and O–H groups in total. The Balaban J connectivity index is 1.66. The summed E-state index contributed by atoms with van der Waals surface area (Å²) >= 11 is 6.07. The Bertz CT molecular complexity index is 1140. The number of hydrogen-bond donors (Lipinski definition) is 2. The zero-order chi connectivity index (χ0) is 23.0. The van der Waals surface area contributed by atoms with E-state index in [9.17, 15) is 18.0 Å². The van der Waals surface area contributed by atoms with E-state index in [4.69, 9.17) is 16.3 Å². The van der Waals surface area contributed by atoms with Crippen LogP contribution < -0.4 is 15.5 Å². The number of morpholine rings is 1. The summed E-state index contributed by atoms with van der Waals surface area (Å²) in [5.74, 6) is 0.533. The predicted molar refractivity (Wildman–Crippen MR) is 112 cm³/mol. The number of anilines is 3. The zero-order valence-electron chi connectivity index (χ0n) is 17.0. The fraction of sp³-hybridized carbons (Fsp3) is 0.368. The van der Waals surface area contributed by atoms with Gasteiger partial charge in [0.2, 0.25) is 0 Å². The van der Waals surface area contributed by atoms with Crippen molar-refractivity contribution in [1.29, 1.82) is 0 Å². The monoisotopic (exact) mass is 469 g/mol. The number of pyridine rings is 1. The van der Waals surface area contributed by atoms with Gasteiger partial charge in [-0.25, -0.2) is 9.78 Å². The third kappa shape index (κ3) is 4.41. The number of nitrogens with one attached hydrogen (secondary N) is 2. The summed E-state index contributed by atoms with van der Waals surface area (Å²) in [5, 5.41) is 9.56. The molecular formula is C19H19ClF3N7O2. The minimum atomic E-state index is -4.63. The van der Waals surface area contributed by atoms with Gasteiger partial charge >= 0.3 is 12.2 Å². The summed E-state index contributed by atoms with van der Waals surface area (Å²) in [6, 6.07) is 2.74. The zero-order valence-corrected chi connectivity index (χ0v) is 17.8. The SMILES string of the molecule is CC1COCC(C)N1c1c(NC(=O)Nc2ccnc(C(F)(F)F)c2)cnc2cc(Cl)nn12. The van der Waals surface area contributed by atoms with Gasteiger partial charge in [0.05, 0.1) is 31.5 Å². The molecule has 13 heteroatoms. The van der Waals surface area contributed by atoms with Crippen LogP contribution in [0.5, 0.6) is 0 Å². The topological polar surface area (TPSA) is 96.7 Å². The van der Waals surface area contributed by atoms with Crippen molar-refractivity contribution >= 4 is 40.5 Å². The molecule has 2 unspecified atom stereocenters. The van der Waals surface area contributed by atoms with Crippen LogP contribution in [0.4, 0.5) is 35.2 Å². The van der Waals surface area contributed by atoms with Gasteiger partial charge in [-0.3, -0.25) is 4.98 Å². The number of amides is 2. The molecule has 4 rings (SSSR count). The van der Waals surface area contributed by atoms with Crippen molar-refractivity contribution in [2.75, 3.05) is 28.7 Å². The molecule has 9 nitrogen and oxygen atoms in total. The van der Waals surface area contributed by atoms with E-state index < -0.39 is 17.9 Å². The second-order valence-electron chi connectivity index (χ2n) is 7.38. The number of hydrogen-bond acceptors (Lipinski definition) is 6. The molecule has 32 heavy (non-hydrogen) atoms. The lowest BCUT2D eigenvalue weighted by molar-refractivity contribution is -0.141. The van der Waals surface area contributed by atoms with Crippen LogP contribution in [0.15, 0.2) is 30.6 Å². The summed E-state index contributed by atoms with van der Waals surface area (Å²) in [4.78, 5) is 22.2. The number of carbonyl (C=O) groups excluding carboxylic acids is 1. The van der Waals surface area contributed by atoms with Gasteiger partial charge in [-0.2, -0.15) is 22.8 Å². The third-order valence-electron chi connectivity index (χ3n) is 4.90. The van der Waals surface area contributed by atoms with Crippen molar-refractivity contribution in [1.82, 2.24) is 19.6 Å². The molecule has 1 fully saturated rings. The smallest absolute Gasteiger partial charge is 0.377 e. The van der Waals surface area contributed by atoms with Crippen molar-refractivity contribution < 1.29 is 22.7 Å². The van der Waals surface area contributed by atoms with Crippen molar-refractivity contribution in [3.8, 4) is 0 Å². The first-order valence-corrected chi connectivity index (χ1v) is 10.0. The number of rotatable bonds is 3. The van der Waals surface area contributed by atoms with Gasteiger partial charge in [-0.1, -0.05) is 11.6 Å². The lowest BCUT2D eigenvalue weighted by atomic mass is 10.1. The van der Waals surface area contributed by atoms with E-state index in [1.807, 2.05) is 18.7 Å². The highest BCUT2D eigenvalue weighted by Gasteiger charge is 2.33. The molecular weight excluding hydrogens is 451 g/mol. The first-order chi connectivity index (χ1) is 15.1. The molecule has 1 saturated heterocycles. The summed E-state index contributed by atoms with van der Waals surface area (Å²) < 4.78 is 45.8. The van der Waals surface area contributed by atoms with Crippen LogP contribution in [0.3, 0.4) is 0 Å². The number of urea groups is 1. The Morgan fingerprint density at radius 3 is 2.59 bits per heavy atom. The van der Waals surface area contributed by atoms with Crippen LogP contribution in [0.25, 0.3) is 5.65 Å². The van der Waals surface area contributed by atoms with Crippen LogP contribution in [0.1, 0.15) is 19.5 Å². The summed E-state index contributed by atoms with van der Waals surface area (Å²) in [6.45, 7) is 4.86. The number of alkyl halides is 3. The first-order valence-electron chi connectivity index (χ1n) is 9.65. The maximum Gasteiger partial charge on any atom is 0.433 e. The Kier molecular flexibility index (Phi) is 5.82. The second kappa shape index (κ2) is 8.43. The van der Waals surface area contributed by atoms with Gasteiger partial charge in [0.1, 0.15) is 11.4 Å². The molecule has 1 aliphatic heterocycles. The van der Waals surface area contributed by atoms with E-state index in [0.717, 1.165) is 12.3 Å². The van der Waals surface area contributed by atoms with Gasteiger partial charge in [-0.15, -0.1) is 0 Å². The lowest BCUT2D eigenvalue weighted by Gasteiger charge is -2.41. The Morgan fingerprint density at radius 1 is 1.19 bits per heavy atom. The molecule has 0 spiro atoms. The normalized spacial score (nSPS) is 19.2. The van der Waals surface area contributed by atoms with E-state index >= 15 is 0 Å². The van der Waals surface area contributed by atoms with E-state index in [2.05, 4.69) is 25.7 Å². The standard InChI is InChI=1S/C19H19ClF3N7O2/c1-10-8-32-9-11(2)29(10)17-13(7-25-16-6-15(20)28-30(16)17)27-18(31)26-12-3-4-24-14(5-12)19(21,22)23/h3-7,10-11H,8-9H2,1-2H3,(H2,24,26,27,31). The first kappa shape index (κ1) is 22.1. The molecule has 2 atom stereocenters. The average molecular weight is 470 g/mol. The molecule has 0 saturated carbocycles. The second-order valence-corrected chi connectivity index (χ2v) is 7.77. The molecule has 0 aliphatic carbocycles. The number of halogens is 4. The minimum absolute atomic E-state index is 0.0505. The van der Waals surface area contributed by atoms with Gasteiger partial charge in [-0.05, 0) is 26.0 Å². The highest BCUT2D eigenvalue weighted by atomic mass is 35.5. The van der Waals surface area contributed by atoms with Crippen LogP contribution >= 0.6 is 11.6 Å².